The Morgan fingerprint density at radius 1 is 1.63 bits per heavy atom. The van der Waals surface area contributed by atoms with Crippen molar-refractivity contribution in [3.8, 4) is 0 Å². The van der Waals surface area contributed by atoms with Crippen LogP contribution in [0.15, 0.2) is 12.1 Å². The van der Waals surface area contributed by atoms with Gasteiger partial charge in [0, 0.05) is 25.7 Å². The van der Waals surface area contributed by atoms with Crippen LogP contribution in [0, 0.1) is 10.1 Å². The van der Waals surface area contributed by atoms with Crippen molar-refractivity contribution in [2.24, 2.45) is 0 Å². The average molecular weight is 285 g/mol. The predicted molar refractivity (Wildman–Crippen MR) is 74.8 cm³/mol. The van der Waals surface area contributed by atoms with Crippen LogP contribution < -0.4 is 4.90 Å². The molecule has 1 fully saturated rings. The molecule has 1 aromatic rings. The Hall–Kier alpha value is -1.40. The lowest BCUT2D eigenvalue weighted by Gasteiger charge is -2.26. The normalized spacial score (nSPS) is 19.6. The zero-order valence-corrected chi connectivity index (χ0v) is 11.8. The summed E-state index contributed by atoms with van der Waals surface area (Å²) in [5, 5.41) is 11.3. The molecule has 1 saturated heterocycles. The van der Waals surface area contributed by atoms with E-state index in [0.29, 0.717) is 18.4 Å². The second-order valence-electron chi connectivity index (χ2n) is 4.89. The monoisotopic (exact) mass is 284 g/mol. The van der Waals surface area contributed by atoms with Crippen LogP contribution in [0.4, 0.5) is 11.5 Å². The quantitative estimate of drug-likeness (QED) is 0.482. The maximum Gasteiger partial charge on any atom is 0.311 e. The highest BCUT2D eigenvalue weighted by atomic mass is 35.5. The van der Waals surface area contributed by atoms with E-state index < -0.39 is 4.92 Å². The number of hydrogen-bond donors (Lipinski definition) is 0. The largest absolute Gasteiger partial charge is 0.352 e. The fourth-order valence-corrected chi connectivity index (χ4v) is 2.60. The van der Waals surface area contributed by atoms with Crippen molar-refractivity contribution in [1.82, 2.24) is 9.88 Å². The Balaban J connectivity index is 2.20. The third-order valence-corrected chi connectivity index (χ3v) is 3.75. The van der Waals surface area contributed by atoms with Gasteiger partial charge in [-0.3, -0.25) is 10.1 Å². The van der Waals surface area contributed by atoms with Crippen LogP contribution in [0.2, 0.25) is 5.15 Å². The minimum Gasteiger partial charge on any atom is -0.352 e. The first-order valence-corrected chi connectivity index (χ1v) is 6.59. The maximum absolute atomic E-state index is 11.0. The van der Waals surface area contributed by atoms with E-state index in [-0.39, 0.29) is 10.8 Å². The van der Waals surface area contributed by atoms with Gasteiger partial charge in [0.05, 0.1) is 4.92 Å². The topological polar surface area (TPSA) is 62.5 Å². The fourth-order valence-electron chi connectivity index (χ4n) is 2.45. The molecule has 104 valence electrons. The van der Waals surface area contributed by atoms with Gasteiger partial charge in [0.2, 0.25) is 5.82 Å². The van der Waals surface area contributed by atoms with E-state index in [4.69, 9.17) is 11.6 Å². The Bertz CT molecular complexity index is 483. The summed E-state index contributed by atoms with van der Waals surface area (Å²) in [5.41, 5.74) is -0.00690. The molecule has 1 aliphatic rings. The molecule has 19 heavy (non-hydrogen) atoms. The lowest BCUT2D eigenvalue weighted by atomic mass is 10.2. The summed E-state index contributed by atoms with van der Waals surface area (Å²) >= 11 is 5.84. The summed E-state index contributed by atoms with van der Waals surface area (Å²) in [6.45, 7) is 1.79. The van der Waals surface area contributed by atoms with E-state index in [0.717, 1.165) is 13.0 Å². The molecule has 0 saturated carbocycles. The molecule has 0 bridgehead atoms. The molecular formula is C12H17ClN4O2. The van der Waals surface area contributed by atoms with Gasteiger partial charge in [-0.05, 0) is 32.5 Å². The number of likely N-dealkylation sites (N-methyl/N-ethyl adjacent to an activating group) is 2. The second-order valence-corrected chi connectivity index (χ2v) is 5.28. The van der Waals surface area contributed by atoms with Crippen LogP contribution in [-0.4, -0.2) is 48.0 Å². The molecular weight excluding hydrogens is 268 g/mol. The molecule has 0 N–H and O–H groups in total. The number of rotatable bonds is 4. The van der Waals surface area contributed by atoms with E-state index >= 15 is 0 Å². The van der Waals surface area contributed by atoms with E-state index in [2.05, 4.69) is 16.9 Å². The summed E-state index contributed by atoms with van der Waals surface area (Å²) in [4.78, 5) is 18.8. The number of nitrogens with zero attached hydrogens (tertiary/aromatic N) is 4. The third kappa shape index (κ3) is 3.13. The van der Waals surface area contributed by atoms with Crippen LogP contribution in [0.3, 0.4) is 0 Å². The number of hydrogen-bond acceptors (Lipinski definition) is 5. The SMILES string of the molecule is CN(CC1CCCN1C)c1nc(Cl)ccc1[N+](=O)[O-]. The highest BCUT2D eigenvalue weighted by molar-refractivity contribution is 6.29. The van der Waals surface area contributed by atoms with Crippen molar-refractivity contribution in [2.75, 3.05) is 32.1 Å². The molecule has 7 heteroatoms. The van der Waals surface area contributed by atoms with Crippen molar-refractivity contribution < 1.29 is 4.92 Å². The lowest BCUT2D eigenvalue weighted by Crippen LogP contribution is -2.37. The Labute approximate surface area is 117 Å². The summed E-state index contributed by atoms with van der Waals surface area (Å²) in [6.07, 6.45) is 2.27. The number of likely N-dealkylation sites (tertiary alicyclic amines) is 1. The van der Waals surface area contributed by atoms with Crippen molar-refractivity contribution >= 4 is 23.1 Å². The van der Waals surface area contributed by atoms with Gasteiger partial charge in [0.1, 0.15) is 5.15 Å². The standard InChI is InChI=1S/C12H17ClN4O2/c1-15-7-3-4-9(15)8-16(2)12-10(17(18)19)5-6-11(13)14-12/h5-6,9H,3-4,7-8H2,1-2H3. The van der Waals surface area contributed by atoms with Gasteiger partial charge >= 0.3 is 5.69 Å². The Kier molecular flexibility index (Phi) is 4.21. The molecule has 1 atom stereocenters. The van der Waals surface area contributed by atoms with Gasteiger partial charge in [0.15, 0.2) is 0 Å². The van der Waals surface area contributed by atoms with Gasteiger partial charge in [-0.25, -0.2) is 4.98 Å². The molecule has 0 spiro atoms. The van der Waals surface area contributed by atoms with Crippen molar-refractivity contribution in [3.05, 3.63) is 27.4 Å². The zero-order valence-electron chi connectivity index (χ0n) is 11.0. The van der Waals surface area contributed by atoms with Gasteiger partial charge < -0.3 is 9.80 Å². The Morgan fingerprint density at radius 2 is 2.37 bits per heavy atom. The highest BCUT2D eigenvalue weighted by Crippen LogP contribution is 2.28. The summed E-state index contributed by atoms with van der Waals surface area (Å²) in [6, 6.07) is 3.25. The molecule has 0 radical (unpaired) electrons. The van der Waals surface area contributed by atoms with Crippen molar-refractivity contribution in [2.45, 2.75) is 18.9 Å². The summed E-state index contributed by atoms with van der Waals surface area (Å²) in [7, 11) is 3.89. The lowest BCUT2D eigenvalue weighted by molar-refractivity contribution is -0.384. The minimum absolute atomic E-state index is 0.00690. The smallest absolute Gasteiger partial charge is 0.311 e. The van der Waals surface area contributed by atoms with Crippen LogP contribution in [0.5, 0.6) is 0 Å². The number of nitro groups is 1. The van der Waals surface area contributed by atoms with E-state index in [1.165, 1.54) is 18.6 Å². The van der Waals surface area contributed by atoms with Gasteiger partial charge in [0.25, 0.3) is 0 Å². The van der Waals surface area contributed by atoms with Crippen molar-refractivity contribution in [1.29, 1.82) is 0 Å². The first kappa shape index (κ1) is 14.0. The fraction of sp³-hybridized carbons (Fsp3) is 0.583. The first-order chi connectivity index (χ1) is 8.99. The number of anilines is 1. The average Bonchev–Trinajstić information content (AvgIpc) is 2.74. The summed E-state index contributed by atoms with van der Waals surface area (Å²) in [5.74, 6) is 0.331. The molecule has 1 aromatic heterocycles. The van der Waals surface area contributed by atoms with Gasteiger partial charge in [-0.1, -0.05) is 11.6 Å². The zero-order chi connectivity index (χ0) is 14.0. The van der Waals surface area contributed by atoms with E-state index in [1.807, 2.05) is 11.9 Å². The molecule has 6 nitrogen and oxygen atoms in total. The molecule has 0 amide bonds. The summed E-state index contributed by atoms with van der Waals surface area (Å²) < 4.78 is 0. The van der Waals surface area contributed by atoms with Gasteiger partial charge in [-0.2, -0.15) is 0 Å². The predicted octanol–water partition coefficient (Wildman–Crippen LogP) is 2.17. The number of aromatic nitrogens is 1. The third-order valence-electron chi connectivity index (χ3n) is 3.53. The highest BCUT2D eigenvalue weighted by Gasteiger charge is 2.26. The molecule has 2 heterocycles. The van der Waals surface area contributed by atoms with Crippen LogP contribution in [0.1, 0.15) is 12.8 Å². The van der Waals surface area contributed by atoms with Gasteiger partial charge in [-0.15, -0.1) is 0 Å². The van der Waals surface area contributed by atoms with Crippen LogP contribution in [0.25, 0.3) is 0 Å². The van der Waals surface area contributed by atoms with E-state index in [9.17, 15) is 10.1 Å². The minimum atomic E-state index is -0.423. The molecule has 1 aliphatic heterocycles. The molecule has 0 aromatic carbocycles. The number of halogens is 1. The molecule has 0 aliphatic carbocycles. The molecule has 1 unspecified atom stereocenters. The van der Waals surface area contributed by atoms with Crippen LogP contribution in [-0.2, 0) is 0 Å². The molecule has 2 rings (SSSR count). The van der Waals surface area contributed by atoms with Crippen LogP contribution >= 0.6 is 11.6 Å². The Morgan fingerprint density at radius 3 is 2.95 bits per heavy atom. The van der Waals surface area contributed by atoms with E-state index in [1.54, 1.807) is 0 Å². The maximum atomic E-state index is 11.0. The first-order valence-electron chi connectivity index (χ1n) is 6.21. The number of pyridine rings is 1. The van der Waals surface area contributed by atoms with Crippen molar-refractivity contribution in [3.63, 3.8) is 0 Å². The second kappa shape index (κ2) is 5.71.